The number of benzene rings is 1. The van der Waals surface area contributed by atoms with E-state index in [-0.39, 0.29) is 11.8 Å². The molecule has 0 fully saturated rings. The number of anilines is 1. The molecule has 0 aliphatic carbocycles. The lowest BCUT2D eigenvalue weighted by Gasteiger charge is -2.37. The van der Waals surface area contributed by atoms with Gasteiger partial charge in [0.25, 0.3) is 0 Å². The van der Waals surface area contributed by atoms with Gasteiger partial charge in [-0.25, -0.2) is 0 Å². The van der Waals surface area contributed by atoms with Gasteiger partial charge in [-0.1, -0.05) is 24.3 Å². The van der Waals surface area contributed by atoms with Crippen molar-refractivity contribution in [3.8, 4) is 0 Å². The molecule has 0 radical (unpaired) electrons. The Morgan fingerprint density at radius 3 is 2.71 bits per heavy atom. The average molecular weight is 321 g/mol. The second kappa shape index (κ2) is 5.74. The van der Waals surface area contributed by atoms with Gasteiger partial charge in [-0.15, -0.1) is 0 Å². The maximum Gasteiger partial charge on any atom is 0.250 e. The molecule has 2 aliphatic heterocycles. The predicted octanol–water partition coefficient (Wildman–Crippen LogP) is 1.94. The van der Waals surface area contributed by atoms with Crippen LogP contribution in [0.5, 0.6) is 0 Å². The number of rotatable bonds is 1. The van der Waals surface area contributed by atoms with Gasteiger partial charge in [0, 0.05) is 38.8 Å². The van der Waals surface area contributed by atoms with Crippen LogP contribution in [0, 0.1) is 0 Å². The maximum atomic E-state index is 13.2. The van der Waals surface area contributed by atoms with E-state index in [2.05, 4.69) is 11.1 Å². The van der Waals surface area contributed by atoms with Crippen molar-refractivity contribution in [2.45, 2.75) is 32.4 Å². The predicted molar refractivity (Wildman–Crippen MR) is 90.5 cm³/mol. The second-order valence-corrected chi connectivity index (χ2v) is 6.38. The number of carbonyl (C=O) groups excluding carboxylic acids is 2. The molecule has 1 aromatic heterocycles. The first kappa shape index (κ1) is 14.9. The van der Waals surface area contributed by atoms with Crippen molar-refractivity contribution in [3.05, 3.63) is 59.4 Å². The van der Waals surface area contributed by atoms with E-state index in [1.807, 2.05) is 35.4 Å². The van der Waals surface area contributed by atoms with Gasteiger partial charge >= 0.3 is 0 Å². The molecule has 2 aliphatic rings. The van der Waals surface area contributed by atoms with E-state index in [1.54, 1.807) is 11.1 Å². The Morgan fingerprint density at radius 1 is 1.12 bits per heavy atom. The van der Waals surface area contributed by atoms with Crippen molar-refractivity contribution >= 4 is 17.5 Å². The van der Waals surface area contributed by atoms with Crippen LogP contribution in [0.15, 0.2) is 42.7 Å². The van der Waals surface area contributed by atoms with E-state index in [0.29, 0.717) is 19.5 Å². The van der Waals surface area contributed by atoms with Gasteiger partial charge in [-0.3, -0.25) is 14.6 Å². The average Bonchev–Trinajstić information content (AvgIpc) is 3.04. The Balaban J connectivity index is 1.67. The summed E-state index contributed by atoms with van der Waals surface area (Å²) in [5.41, 5.74) is 4.30. The lowest BCUT2D eigenvalue weighted by atomic mass is 9.93. The molecule has 1 atom stereocenters. The first-order chi connectivity index (χ1) is 11.6. The number of fused-ring (bicyclic) bond motifs is 2. The smallest absolute Gasteiger partial charge is 0.250 e. The molecule has 0 spiro atoms. The monoisotopic (exact) mass is 321 g/mol. The molecule has 122 valence electrons. The molecule has 2 amide bonds. The fourth-order valence-electron chi connectivity index (χ4n) is 3.71. The summed E-state index contributed by atoms with van der Waals surface area (Å²) in [5, 5.41) is 0. The molecule has 24 heavy (non-hydrogen) atoms. The molecule has 5 nitrogen and oxygen atoms in total. The highest BCUT2D eigenvalue weighted by molar-refractivity contribution is 6.00. The summed E-state index contributed by atoms with van der Waals surface area (Å²) in [7, 11) is 0. The molecule has 0 saturated heterocycles. The molecule has 1 aromatic carbocycles. The third-order valence-corrected chi connectivity index (χ3v) is 4.98. The number of hydrogen-bond acceptors (Lipinski definition) is 3. The summed E-state index contributed by atoms with van der Waals surface area (Å²) < 4.78 is 0. The minimum atomic E-state index is -0.434. The topological polar surface area (TPSA) is 53.5 Å². The molecular weight excluding hydrogens is 302 g/mol. The Morgan fingerprint density at radius 2 is 1.92 bits per heavy atom. The third-order valence-electron chi connectivity index (χ3n) is 4.98. The normalized spacial score (nSPS) is 19.0. The summed E-state index contributed by atoms with van der Waals surface area (Å²) in [6, 6.07) is 9.49. The van der Waals surface area contributed by atoms with Crippen molar-refractivity contribution in [2.75, 3.05) is 11.4 Å². The Bertz CT molecular complexity index is 818. The molecule has 0 bridgehead atoms. The van der Waals surface area contributed by atoms with E-state index in [9.17, 15) is 9.59 Å². The lowest BCUT2D eigenvalue weighted by Crippen LogP contribution is -2.53. The van der Waals surface area contributed by atoms with Crippen LogP contribution in [-0.2, 0) is 29.0 Å². The molecule has 3 heterocycles. The zero-order valence-corrected chi connectivity index (χ0v) is 13.6. The van der Waals surface area contributed by atoms with Crippen LogP contribution in [0.4, 0.5) is 5.69 Å². The van der Waals surface area contributed by atoms with Gasteiger partial charge in [-0.2, -0.15) is 0 Å². The van der Waals surface area contributed by atoms with Crippen LogP contribution in [0.1, 0.15) is 23.6 Å². The van der Waals surface area contributed by atoms with Crippen LogP contribution in [0.3, 0.4) is 0 Å². The van der Waals surface area contributed by atoms with Gasteiger partial charge in [0.2, 0.25) is 11.8 Å². The van der Waals surface area contributed by atoms with E-state index in [0.717, 1.165) is 28.8 Å². The second-order valence-electron chi connectivity index (χ2n) is 6.38. The van der Waals surface area contributed by atoms with Crippen molar-refractivity contribution in [1.29, 1.82) is 0 Å². The van der Waals surface area contributed by atoms with Crippen LogP contribution in [0.25, 0.3) is 0 Å². The highest BCUT2D eigenvalue weighted by Gasteiger charge is 2.37. The quantitative estimate of drug-likeness (QED) is 0.807. The lowest BCUT2D eigenvalue weighted by molar-refractivity contribution is -0.139. The summed E-state index contributed by atoms with van der Waals surface area (Å²) in [5.74, 6) is -0.0540. The molecule has 5 heteroatoms. The largest absolute Gasteiger partial charge is 0.326 e. The van der Waals surface area contributed by atoms with Gasteiger partial charge < -0.3 is 9.80 Å². The summed E-state index contributed by atoms with van der Waals surface area (Å²) in [6.45, 7) is 2.69. The van der Waals surface area contributed by atoms with Crippen LogP contribution in [0.2, 0.25) is 0 Å². The SMILES string of the molecule is CC(=O)N1Cc2ccccc2CC1C(=O)N1CCc2cnccc21. The van der Waals surface area contributed by atoms with E-state index in [4.69, 9.17) is 0 Å². The first-order valence-corrected chi connectivity index (χ1v) is 8.23. The van der Waals surface area contributed by atoms with Gasteiger partial charge in [0.1, 0.15) is 6.04 Å². The summed E-state index contributed by atoms with van der Waals surface area (Å²) >= 11 is 0. The van der Waals surface area contributed by atoms with Crippen LogP contribution in [-0.4, -0.2) is 34.3 Å². The van der Waals surface area contributed by atoms with Gasteiger partial charge in [0.15, 0.2) is 0 Å². The maximum absolute atomic E-state index is 13.2. The minimum absolute atomic E-state index is 0.00431. The third kappa shape index (κ3) is 2.37. The standard InChI is InChI=1S/C19H19N3O2/c1-13(23)22-12-16-5-3-2-4-14(16)10-18(22)19(24)21-9-7-15-11-20-8-6-17(15)21/h2-6,8,11,18H,7,9-10,12H2,1H3. The van der Waals surface area contributed by atoms with Crippen molar-refractivity contribution in [1.82, 2.24) is 9.88 Å². The highest BCUT2D eigenvalue weighted by atomic mass is 16.2. The minimum Gasteiger partial charge on any atom is -0.326 e. The molecular formula is C19H19N3O2. The molecule has 0 N–H and O–H groups in total. The summed E-state index contributed by atoms with van der Waals surface area (Å²) in [4.78, 5) is 33.0. The molecule has 4 rings (SSSR count). The van der Waals surface area contributed by atoms with Crippen LogP contribution < -0.4 is 4.90 Å². The highest BCUT2D eigenvalue weighted by Crippen LogP contribution is 2.30. The van der Waals surface area contributed by atoms with Crippen molar-refractivity contribution in [2.24, 2.45) is 0 Å². The fourth-order valence-corrected chi connectivity index (χ4v) is 3.71. The number of amides is 2. The zero-order chi connectivity index (χ0) is 16.7. The fraction of sp³-hybridized carbons (Fsp3) is 0.316. The Kier molecular flexibility index (Phi) is 3.56. The zero-order valence-electron chi connectivity index (χ0n) is 13.6. The van der Waals surface area contributed by atoms with Gasteiger partial charge in [0.05, 0.1) is 5.69 Å². The Hall–Kier alpha value is -2.69. The van der Waals surface area contributed by atoms with Crippen LogP contribution >= 0.6 is 0 Å². The number of aromatic nitrogens is 1. The van der Waals surface area contributed by atoms with Crippen molar-refractivity contribution in [3.63, 3.8) is 0 Å². The van der Waals surface area contributed by atoms with E-state index >= 15 is 0 Å². The van der Waals surface area contributed by atoms with E-state index in [1.165, 1.54) is 6.92 Å². The molecule has 2 aromatic rings. The first-order valence-electron chi connectivity index (χ1n) is 8.23. The van der Waals surface area contributed by atoms with Crippen molar-refractivity contribution < 1.29 is 9.59 Å². The molecule has 1 unspecified atom stereocenters. The molecule has 0 saturated carbocycles. The number of nitrogens with zero attached hydrogens (tertiary/aromatic N) is 3. The number of carbonyl (C=O) groups is 2. The van der Waals surface area contributed by atoms with Gasteiger partial charge in [-0.05, 0) is 29.2 Å². The van der Waals surface area contributed by atoms with E-state index < -0.39 is 6.04 Å². The summed E-state index contributed by atoms with van der Waals surface area (Å²) in [6.07, 6.45) is 4.93. The number of hydrogen-bond donors (Lipinski definition) is 0. The Labute approximate surface area is 140 Å². The number of pyridine rings is 1.